The number of fused-ring (bicyclic) bond motifs is 6. The third-order valence-electron chi connectivity index (χ3n) is 12.7. The van der Waals surface area contributed by atoms with Crippen LogP contribution in [0, 0.1) is 56.7 Å². The summed E-state index contributed by atoms with van der Waals surface area (Å²) in [5, 5.41) is 50.8. The lowest BCUT2D eigenvalue weighted by molar-refractivity contribution is 0.746. The summed E-state index contributed by atoms with van der Waals surface area (Å²) in [6.07, 6.45) is 10.3. The van der Waals surface area contributed by atoms with Crippen LogP contribution in [0.15, 0.2) is 182 Å². The van der Waals surface area contributed by atoms with Gasteiger partial charge in [-0.25, -0.2) is 0 Å². The van der Waals surface area contributed by atoms with Crippen molar-refractivity contribution in [3.05, 3.63) is 221 Å². The molecule has 304 valence electrons. The molecule has 2 unspecified atom stereocenters. The molecule has 0 fully saturated rings. The van der Waals surface area contributed by atoms with Gasteiger partial charge in [0, 0.05) is 39.7 Å². The van der Waals surface area contributed by atoms with Crippen LogP contribution in [0.2, 0.25) is 0 Å². The zero-order chi connectivity index (χ0) is 44.9. The first-order chi connectivity index (χ1) is 32.5. The van der Waals surface area contributed by atoms with Crippen molar-refractivity contribution in [3.63, 3.8) is 0 Å². The van der Waals surface area contributed by atoms with E-state index >= 15 is 0 Å². The van der Waals surface area contributed by atoms with Crippen LogP contribution in [0.1, 0.15) is 44.9 Å². The summed E-state index contributed by atoms with van der Waals surface area (Å²) in [5.74, 6) is -0.0339. The largest absolute Gasteiger partial charge is 0.332 e. The molecule has 0 N–H and O–H groups in total. The lowest BCUT2D eigenvalue weighted by atomic mass is 9.85. The Morgan fingerprint density at radius 1 is 0.455 bits per heavy atom. The van der Waals surface area contributed by atoms with Gasteiger partial charge >= 0.3 is 0 Å². The van der Waals surface area contributed by atoms with Gasteiger partial charge in [-0.05, 0) is 124 Å². The predicted octanol–water partition coefficient (Wildman–Crippen LogP) is 12.8. The summed E-state index contributed by atoms with van der Waals surface area (Å²) < 4.78 is 2.31. The number of aromatic nitrogens is 2. The molecule has 2 aromatic heterocycles. The van der Waals surface area contributed by atoms with Gasteiger partial charge in [-0.15, -0.1) is 0 Å². The fourth-order valence-corrected chi connectivity index (χ4v) is 9.75. The first-order valence-corrected chi connectivity index (χ1v) is 21.3. The van der Waals surface area contributed by atoms with Crippen LogP contribution in [-0.4, -0.2) is 15.6 Å². The van der Waals surface area contributed by atoms with Crippen molar-refractivity contribution in [1.29, 1.82) is 26.3 Å². The number of benzene rings is 7. The van der Waals surface area contributed by atoms with Crippen molar-refractivity contribution >= 4 is 38.8 Å². The summed E-state index contributed by atoms with van der Waals surface area (Å²) in [6, 6.07) is 60.9. The summed E-state index contributed by atoms with van der Waals surface area (Å²) in [5.41, 5.74) is 15.8. The average Bonchev–Trinajstić information content (AvgIpc) is 3.90. The molecule has 7 aromatic carbocycles. The van der Waals surface area contributed by atoms with Crippen LogP contribution >= 0.6 is 0 Å². The summed E-state index contributed by atoms with van der Waals surface area (Å²) >= 11 is 0. The molecule has 3 heterocycles. The van der Waals surface area contributed by atoms with Gasteiger partial charge in [-0.1, -0.05) is 85.0 Å². The molecular formula is C58H32N8. The second-order valence-corrected chi connectivity index (χ2v) is 16.4. The quantitative estimate of drug-likeness (QED) is 0.162. The maximum atomic E-state index is 9.79. The van der Waals surface area contributed by atoms with Crippen molar-refractivity contribution in [2.75, 3.05) is 4.90 Å². The van der Waals surface area contributed by atoms with E-state index in [9.17, 15) is 26.3 Å². The molecule has 66 heavy (non-hydrogen) atoms. The van der Waals surface area contributed by atoms with Crippen LogP contribution in [0.25, 0.3) is 66.4 Å². The minimum Gasteiger partial charge on any atom is -0.332 e. The first kappa shape index (κ1) is 39.1. The van der Waals surface area contributed by atoms with Gasteiger partial charge in [0.05, 0.1) is 92.8 Å². The van der Waals surface area contributed by atoms with Gasteiger partial charge < -0.3 is 9.47 Å². The Kier molecular flexibility index (Phi) is 9.39. The minimum atomic E-state index is -0.0993. The summed E-state index contributed by atoms with van der Waals surface area (Å²) in [6.45, 7) is 0. The molecule has 0 radical (unpaired) electrons. The highest BCUT2D eigenvalue weighted by atomic mass is 15.2. The van der Waals surface area contributed by atoms with Crippen molar-refractivity contribution in [2.24, 2.45) is 0 Å². The normalized spacial score (nSPS) is 14.6. The number of pyridine rings is 1. The fourth-order valence-electron chi connectivity index (χ4n) is 9.75. The Balaban J connectivity index is 1.11. The molecule has 1 aliphatic carbocycles. The Hall–Kier alpha value is -9.78. The Morgan fingerprint density at radius 3 is 1.79 bits per heavy atom. The van der Waals surface area contributed by atoms with E-state index in [-0.39, 0.29) is 12.0 Å². The highest BCUT2D eigenvalue weighted by Crippen LogP contribution is 2.52. The number of nitrogens with zero attached hydrogens (tertiary/aromatic N) is 8. The van der Waals surface area contributed by atoms with E-state index < -0.39 is 0 Å². The standard InChI is InChI=1S/C58H32N8/c59-30-36-9-11-41(12-10-36)44-13-16-49(57(29-44)65-53-7-3-1-5-47(53)51-27-42(14-17-55(51)65)45-23-37(31-60)21-38(24-45)32-61)50-19-20-64-35-58(50)66-54-8-4-2-6-48(54)52-28-43(15-18-56(52)66)46-25-39(33-62)22-40(26-46)34-63/h1-29,35,52,56H. The zero-order valence-corrected chi connectivity index (χ0v) is 35.1. The molecule has 11 rings (SSSR count). The van der Waals surface area contributed by atoms with Crippen molar-refractivity contribution in [2.45, 2.75) is 12.0 Å². The van der Waals surface area contributed by atoms with Gasteiger partial charge in [-0.3, -0.25) is 4.98 Å². The number of hydrogen-bond donors (Lipinski definition) is 0. The highest BCUT2D eigenvalue weighted by molar-refractivity contribution is 6.11. The number of rotatable bonds is 6. The van der Waals surface area contributed by atoms with Crippen LogP contribution in [0.3, 0.4) is 0 Å². The maximum Gasteiger partial charge on any atom is 0.0992 e. The highest BCUT2D eigenvalue weighted by Gasteiger charge is 2.39. The lowest BCUT2D eigenvalue weighted by Crippen LogP contribution is -2.29. The molecule has 8 heteroatoms. The van der Waals surface area contributed by atoms with Crippen LogP contribution in [-0.2, 0) is 0 Å². The van der Waals surface area contributed by atoms with E-state index in [2.05, 4.69) is 131 Å². The van der Waals surface area contributed by atoms with Gasteiger partial charge in [-0.2, -0.15) is 26.3 Å². The Labute approximate surface area is 380 Å². The van der Waals surface area contributed by atoms with Crippen molar-refractivity contribution in [3.8, 4) is 69.4 Å². The second-order valence-electron chi connectivity index (χ2n) is 16.4. The number of hydrogen-bond acceptors (Lipinski definition) is 7. The number of para-hydroxylation sites is 2. The molecule has 0 saturated heterocycles. The second kappa shape index (κ2) is 15.8. The van der Waals surface area contributed by atoms with Crippen molar-refractivity contribution in [1.82, 2.24) is 9.55 Å². The molecule has 0 saturated carbocycles. The zero-order valence-electron chi connectivity index (χ0n) is 35.1. The molecular weight excluding hydrogens is 809 g/mol. The van der Waals surface area contributed by atoms with Crippen LogP contribution < -0.4 is 4.90 Å². The molecule has 0 amide bonds. The Bertz CT molecular complexity index is 3730. The maximum absolute atomic E-state index is 9.79. The molecule has 2 aliphatic rings. The van der Waals surface area contributed by atoms with Crippen LogP contribution in [0.4, 0.5) is 11.4 Å². The molecule has 8 nitrogen and oxygen atoms in total. The monoisotopic (exact) mass is 840 g/mol. The molecule has 2 atom stereocenters. The summed E-state index contributed by atoms with van der Waals surface area (Å²) in [4.78, 5) is 7.12. The predicted molar refractivity (Wildman–Crippen MR) is 257 cm³/mol. The van der Waals surface area contributed by atoms with E-state index in [0.717, 1.165) is 88.9 Å². The van der Waals surface area contributed by atoms with E-state index in [1.807, 2.05) is 79.1 Å². The van der Waals surface area contributed by atoms with E-state index in [0.29, 0.717) is 27.8 Å². The summed E-state index contributed by atoms with van der Waals surface area (Å²) in [7, 11) is 0. The van der Waals surface area contributed by atoms with E-state index in [4.69, 9.17) is 4.98 Å². The van der Waals surface area contributed by atoms with Gasteiger partial charge in [0.15, 0.2) is 0 Å². The molecule has 0 spiro atoms. The lowest BCUT2D eigenvalue weighted by Gasteiger charge is -2.31. The van der Waals surface area contributed by atoms with Crippen LogP contribution in [0.5, 0.6) is 0 Å². The number of allylic oxidation sites excluding steroid dienone is 2. The number of nitriles is 5. The SMILES string of the molecule is N#Cc1ccc(-c2ccc(-c3ccncc3N3c4ccccc4C4C=C(c5cc(C#N)cc(C#N)c5)C=CC43)c(-n3c4ccccc4c4cc(-c5cc(C#N)cc(C#N)c5)ccc43)c2)cc1. The third-order valence-corrected chi connectivity index (χ3v) is 12.7. The van der Waals surface area contributed by atoms with Gasteiger partial charge in [0.1, 0.15) is 0 Å². The van der Waals surface area contributed by atoms with Crippen molar-refractivity contribution < 1.29 is 0 Å². The van der Waals surface area contributed by atoms with E-state index in [1.54, 1.807) is 12.1 Å². The third kappa shape index (κ3) is 6.46. The fraction of sp³-hybridized carbons (Fsp3) is 0.0345. The first-order valence-electron chi connectivity index (χ1n) is 21.3. The van der Waals surface area contributed by atoms with E-state index in [1.165, 1.54) is 0 Å². The molecule has 0 bridgehead atoms. The van der Waals surface area contributed by atoms with Gasteiger partial charge in [0.25, 0.3) is 0 Å². The topological polar surface area (TPSA) is 140 Å². The molecule has 9 aromatic rings. The average molecular weight is 841 g/mol. The minimum absolute atomic E-state index is 0.0339. The Morgan fingerprint density at radius 2 is 1.06 bits per heavy atom. The van der Waals surface area contributed by atoms with Gasteiger partial charge in [0.2, 0.25) is 0 Å². The molecule has 1 aliphatic heterocycles. The smallest absolute Gasteiger partial charge is 0.0992 e. The number of anilines is 2.